The second-order valence-corrected chi connectivity index (χ2v) is 4.97. The molecule has 0 saturated carbocycles. The number of rotatable bonds is 8. The molecule has 1 amide bonds. The number of carbonyl (C=O) groups excluding carboxylic acids is 1. The minimum Gasteiger partial charge on any atom is -0.381 e. The van der Waals surface area contributed by atoms with E-state index in [1.807, 2.05) is 6.92 Å². The highest BCUT2D eigenvalue weighted by atomic mass is 32.1. The van der Waals surface area contributed by atoms with Crippen molar-refractivity contribution in [2.24, 2.45) is 5.73 Å². The first-order valence-electron chi connectivity index (χ1n) is 6.22. The van der Waals surface area contributed by atoms with Gasteiger partial charge in [0.25, 0.3) is 5.91 Å². The Bertz CT molecular complexity index is 366. The molecular weight excluding hydrogens is 250 g/mol. The number of aromatic nitrogens is 1. The van der Waals surface area contributed by atoms with E-state index in [1.165, 1.54) is 11.3 Å². The minimum atomic E-state index is -0.145. The summed E-state index contributed by atoms with van der Waals surface area (Å²) in [4.78, 5) is 15.9. The van der Waals surface area contributed by atoms with Crippen molar-refractivity contribution >= 4 is 17.2 Å². The fraction of sp³-hybridized carbons (Fsp3) is 0.667. The molecule has 0 spiro atoms. The van der Waals surface area contributed by atoms with Crippen LogP contribution >= 0.6 is 11.3 Å². The van der Waals surface area contributed by atoms with Crippen molar-refractivity contribution in [2.45, 2.75) is 32.7 Å². The van der Waals surface area contributed by atoms with Crippen molar-refractivity contribution < 1.29 is 9.53 Å². The summed E-state index contributed by atoms with van der Waals surface area (Å²) in [6, 6.07) is -0.126. The van der Waals surface area contributed by atoms with Crippen LogP contribution in [0.3, 0.4) is 0 Å². The first kappa shape index (κ1) is 15.1. The number of amides is 1. The van der Waals surface area contributed by atoms with Gasteiger partial charge in [-0.25, -0.2) is 4.98 Å². The van der Waals surface area contributed by atoms with Crippen molar-refractivity contribution in [1.29, 1.82) is 0 Å². The summed E-state index contributed by atoms with van der Waals surface area (Å²) in [6.45, 7) is 5.98. The second-order valence-electron chi connectivity index (χ2n) is 4.08. The zero-order chi connectivity index (χ0) is 13.4. The van der Waals surface area contributed by atoms with Gasteiger partial charge in [0.05, 0.1) is 6.04 Å². The molecule has 0 aliphatic carbocycles. The van der Waals surface area contributed by atoms with E-state index >= 15 is 0 Å². The van der Waals surface area contributed by atoms with Gasteiger partial charge in [0.15, 0.2) is 0 Å². The minimum absolute atomic E-state index is 0.126. The molecule has 18 heavy (non-hydrogen) atoms. The molecule has 1 atom stereocenters. The van der Waals surface area contributed by atoms with Gasteiger partial charge in [-0.2, -0.15) is 0 Å². The maximum absolute atomic E-state index is 11.7. The van der Waals surface area contributed by atoms with Crippen LogP contribution in [0.15, 0.2) is 5.38 Å². The van der Waals surface area contributed by atoms with Crippen molar-refractivity contribution in [1.82, 2.24) is 10.3 Å². The normalized spacial score (nSPS) is 12.4. The molecular formula is C12H21N3O2S. The summed E-state index contributed by atoms with van der Waals surface area (Å²) < 4.78 is 5.32. The molecule has 1 aromatic heterocycles. The molecule has 1 aromatic rings. The Morgan fingerprint density at radius 3 is 3.00 bits per heavy atom. The predicted molar refractivity (Wildman–Crippen MR) is 72.8 cm³/mol. The first-order valence-corrected chi connectivity index (χ1v) is 7.10. The molecule has 1 unspecified atom stereocenters. The van der Waals surface area contributed by atoms with Crippen LogP contribution in [-0.2, 0) is 4.74 Å². The Labute approximate surface area is 112 Å². The number of hydrogen-bond donors (Lipinski definition) is 2. The van der Waals surface area contributed by atoms with E-state index in [2.05, 4.69) is 17.2 Å². The number of nitrogens with zero attached hydrogens (tertiary/aromatic N) is 1. The maximum atomic E-state index is 11.7. The third-order valence-electron chi connectivity index (χ3n) is 2.24. The number of nitrogens with one attached hydrogen (secondary N) is 1. The summed E-state index contributed by atoms with van der Waals surface area (Å²) in [7, 11) is 0. The zero-order valence-electron chi connectivity index (χ0n) is 10.9. The SMILES string of the molecule is CCCOCCCNC(=O)c1csc(C(C)N)n1. The predicted octanol–water partition coefficient (Wildman–Crippen LogP) is 1.71. The van der Waals surface area contributed by atoms with E-state index in [4.69, 9.17) is 10.5 Å². The molecule has 1 heterocycles. The molecule has 6 heteroatoms. The Balaban J connectivity index is 2.23. The molecule has 3 N–H and O–H groups in total. The topological polar surface area (TPSA) is 77.2 Å². The van der Waals surface area contributed by atoms with Gasteiger partial charge in [-0.3, -0.25) is 4.79 Å². The highest BCUT2D eigenvalue weighted by molar-refractivity contribution is 7.09. The number of thiazole rings is 1. The maximum Gasteiger partial charge on any atom is 0.270 e. The Morgan fingerprint density at radius 1 is 1.61 bits per heavy atom. The number of hydrogen-bond acceptors (Lipinski definition) is 5. The zero-order valence-corrected chi connectivity index (χ0v) is 11.8. The number of ether oxygens (including phenoxy) is 1. The van der Waals surface area contributed by atoms with Gasteiger partial charge in [0.1, 0.15) is 10.7 Å². The molecule has 0 saturated heterocycles. The molecule has 0 bridgehead atoms. The quantitative estimate of drug-likeness (QED) is 0.706. The summed E-state index contributed by atoms with van der Waals surface area (Å²) in [5.74, 6) is -0.145. The first-order chi connectivity index (χ1) is 8.65. The second kappa shape index (κ2) is 8.18. The number of nitrogens with two attached hydrogens (primary N) is 1. The molecule has 0 aliphatic heterocycles. The van der Waals surface area contributed by atoms with Gasteiger partial charge < -0.3 is 15.8 Å². The number of carbonyl (C=O) groups is 1. The molecule has 1 rings (SSSR count). The summed E-state index contributed by atoms with van der Waals surface area (Å²) in [5.41, 5.74) is 6.14. The highest BCUT2D eigenvalue weighted by Gasteiger charge is 2.11. The molecule has 0 radical (unpaired) electrons. The average molecular weight is 271 g/mol. The third-order valence-corrected chi connectivity index (χ3v) is 3.29. The van der Waals surface area contributed by atoms with Crippen LogP contribution in [0.1, 0.15) is 48.2 Å². The van der Waals surface area contributed by atoms with Crippen molar-refractivity contribution in [3.8, 4) is 0 Å². The van der Waals surface area contributed by atoms with E-state index < -0.39 is 0 Å². The molecule has 0 aromatic carbocycles. The van der Waals surface area contributed by atoms with Crippen LogP contribution in [0.5, 0.6) is 0 Å². The fourth-order valence-electron chi connectivity index (χ4n) is 1.31. The molecule has 5 nitrogen and oxygen atoms in total. The van der Waals surface area contributed by atoms with Gasteiger partial charge in [0.2, 0.25) is 0 Å². The highest BCUT2D eigenvalue weighted by Crippen LogP contribution is 2.15. The lowest BCUT2D eigenvalue weighted by Crippen LogP contribution is -2.25. The fourth-order valence-corrected chi connectivity index (χ4v) is 2.07. The van der Waals surface area contributed by atoms with Gasteiger partial charge in [-0.1, -0.05) is 6.92 Å². The third kappa shape index (κ3) is 5.12. The van der Waals surface area contributed by atoms with Crippen LogP contribution in [-0.4, -0.2) is 30.6 Å². The molecule has 0 aliphatic rings. The Hall–Kier alpha value is -0.980. The standard InChI is InChI=1S/C12H21N3O2S/c1-3-6-17-7-4-5-14-11(16)10-8-18-12(15-10)9(2)13/h8-9H,3-7,13H2,1-2H3,(H,14,16). The Kier molecular flexibility index (Phi) is 6.85. The van der Waals surface area contributed by atoms with Gasteiger partial charge in [-0.05, 0) is 19.8 Å². The van der Waals surface area contributed by atoms with E-state index in [9.17, 15) is 4.79 Å². The lowest BCUT2D eigenvalue weighted by Gasteiger charge is -2.04. The smallest absolute Gasteiger partial charge is 0.270 e. The molecule has 102 valence electrons. The van der Waals surface area contributed by atoms with Crippen LogP contribution in [0.25, 0.3) is 0 Å². The van der Waals surface area contributed by atoms with Gasteiger partial charge in [0, 0.05) is 25.1 Å². The van der Waals surface area contributed by atoms with Crippen LogP contribution in [0, 0.1) is 0 Å². The molecule has 0 fully saturated rings. The van der Waals surface area contributed by atoms with Crippen LogP contribution in [0.4, 0.5) is 0 Å². The van der Waals surface area contributed by atoms with Crippen LogP contribution in [0.2, 0.25) is 0 Å². The van der Waals surface area contributed by atoms with E-state index in [-0.39, 0.29) is 11.9 Å². The lowest BCUT2D eigenvalue weighted by molar-refractivity contribution is 0.0937. The average Bonchev–Trinajstić information content (AvgIpc) is 2.83. The van der Waals surface area contributed by atoms with E-state index in [1.54, 1.807) is 5.38 Å². The van der Waals surface area contributed by atoms with Crippen LogP contribution < -0.4 is 11.1 Å². The van der Waals surface area contributed by atoms with Crippen molar-refractivity contribution in [3.05, 3.63) is 16.1 Å². The lowest BCUT2D eigenvalue weighted by atomic mass is 10.3. The Morgan fingerprint density at radius 2 is 2.39 bits per heavy atom. The van der Waals surface area contributed by atoms with Gasteiger partial charge >= 0.3 is 0 Å². The monoisotopic (exact) mass is 271 g/mol. The van der Waals surface area contributed by atoms with E-state index in [0.29, 0.717) is 18.8 Å². The van der Waals surface area contributed by atoms with Gasteiger partial charge in [-0.15, -0.1) is 11.3 Å². The van der Waals surface area contributed by atoms with Crippen molar-refractivity contribution in [2.75, 3.05) is 19.8 Å². The van der Waals surface area contributed by atoms with E-state index in [0.717, 1.165) is 24.5 Å². The summed E-state index contributed by atoms with van der Waals surface area (Å²) >= 11 is 1.41. The summed E-state index contributed by atoms with van der Waals surface area (Å²) in [5, 5.41) is 5.33. The summed E-state index contributed by atoms with van der Waals surface area (Å²) in [6.07, 6.45) is 1.83. The van der Waals surface area contributed by atoms with Crippen molar-refractivity contribution in [3.63, 3.8) is 0 Å². The largest absolute Gasteiger partial charge is 0.381 e.